The van der Waals surface area contributed by atoms with Crippen LogP contribution in [0.2, 0.25) is 0 Å². The van der Waals surface area contributed by atoms with E-state index < -0.39 is 0 Å². The van der Waals surface area contributed by atoms with Crippen LogP contribution >= 0.6 is 0 Å². The lowest BCUT2D eigenvalue weighted by Gasteiger charge is -2.33. The summed E-state index contributed by atoms with van der Waals surface area (Å²) in [6.07, 6.45) is 3.43. The number of rotatable bonds is 6. The number of piperazine rings is 2. The highest BCUT2D eigenvalue weighted by molar-refractivity contribution is 5.87. The first kappa shape index (κ1) is 36.7. The average Bonchev–Trinajstić information content (AvgIpc) is 3.18. The van der Waals surface area contributed by atoms with Crippen molar-refractivity contribution in [3.63, 3.8) is 0 Å². The Morgan fingerprint density at radius 2 is 0.868 bits per heavy atom. The number of fused-ring (bicyclic) bond motifs is 2. The molecule has 0 atom stereocenters. The molecular formula is C36H44N14O3. The van der Waals surface area contributed by atoms with Gasteiger partial charge in [-0.05, 0) is 62.6 Å². The fourth-order valence-corrected chi connectivity index (χ4v) is 6.10. The molecule has 276 valence electrons. The minimum atomic E-state index is 0. The van der Waals surface area contributed by atoms with Crippen molar-refractivity contribution in [2.45, 2.75) is 0 Å². The van der Waals surface area contributed by atoms with Crippen LogP contribution in [0.1, 0.15) is 0 Å². The fraction of sp³-hybridized carbons (Fsp3) is 0.333. The summed E-state index contributed by atoms with van der Waals surface area (Å²) in [5, 5.41) is 0. The van der Waals surface area contributed by atoms with Gasteiger partial charge in [-0.2, -0.15) is 19.9 Å². The Kier molecular flexibility index (Phi) is 11.2. The van der Waals surface area contributed by atoms with E-state index in [-0.39, 0.29) is 17.4 Å². The lowest BCUT2D eigenvalue weighted by Crippen LogP contribution is -2.45. The second kappa shape index (κ2) is 16.1. The number of benzene rings is 2. The monoisotopic (exact) mass is 720 g/mol. The van der Waals surface area contributed by atoms with Crippen LogP contribution in [0.15, 0.2) is 60.9 Å². The van der Waals surface area contributed by atoms with Crippen LogP contribution in [0.3, 0.4) is 0 Å². The maximum absolute atomic E-state index is 5.90. The Morgan fingerprint density at radius 1 is 0.509 bits per heavy atom. The lowest BCUT2D eigenvalue weighted by molar-refractivity contribution is 0.312. The molecule has 17 nitrogen and oxygen atoms in total. The van der Waals surface area contributed by atoms with Gasteiger partial charge in [0.15, 0.2) is 34.0 Å². The van der Waals surface area contributed by atoms with Gasteiger partial charge in [-0.15, -0.1) is 0 Å². The third kappa shape index (κ3) is 8.22. The number of hydrogen-bond donors (Lipinski definition) is 2. The lowest BCUT2D eigenvalue weighted by atomic mass is 10.1. The molecule has 0 unspecified atom stereocenters. The number of nitrogens with zero attached hydrogens (tertiary/aromatic N) is 12. The third-order valence-electron chi connectivity index (χ3n) is 9.19. The van der Waals surface area contributed by atoms with E-state index in [9.17, 15) is 0 Å². The Morgan fingerprint density at radius 3 is 1.21 bits per heavy atom. The van der Waals surface area contributed by atoms with Crippen molar-refractivity contribution >= 4 is 45.9 Å². The summed E-state index contributed by atoms with van der Waals surface area (Å²) in [4.78, 5) is 44.9. The molecule has 4 aromatic heterocycles. The van der Waals surface area contributed by atoms with Crippen LogP contribution in [-0.4, -0.2) is 136 Å². The van der Waals surface area contributed by atoms with Gasteiger partial charge in [0.1, 0.15) is 11.5 Å². The largest absolute Gasteiger partial charge is 0.497 e. The maximum atomic E-state index is 5.90. The smallest absolute Gasteiger partial charge is 0.224 e. The molecule has 0 radical (unpaired) electrons. The van der Waals surface area contributed by atoms with E-state index in [4.69, 9.17) is 30.9 Å². The zero-order valence-electron chi connectivity index (χ0n) is 30.3. The van der Waals surface area contributed by atoms with E-state index in [0.29, 0.717) is 22.3 Å². The zero-order valence-corrected chi connectivity index (χ0v) is 30.3. The van der Waals surface area contributed by atoms with Crippen molar-refractivity contribution in [2.24, 2.45) is 0 Å². The summed E-state index contributed by atoms with van der Waals surface area (Å²) in [7, 11) is 7.53. The molecular weight excluding hydrogens is 676 g/mol. The van der Waals surface area contributed by atoms with Gasteiger partial charge in [0.05, 0.1) is 38.0 Å². The van der Waals surface area contributed by atoms with E-state index >= 15 is 0 Å². The normalized spacial score (nSPS) is 15.1. The molecule has 0 spiro atoms. The first-order valence-corrected chi connectivity index (χ1v) is 17.0. The molecule has 2 aromatic carbocycles. The molecule has 6 heterocycles. The first-order chi connectivity index (χ1) is 25.3. The van der Waals surface area contributed by atoms with Crippen molar-refractivity contribution in [3.05, 3.63) is 60.9 Å². The Labute approximate surface area is 307 Å². The van der Waals surface area contributed by atoms with Crippen molar-refractivity contribution in [1.29, 1.82) is 0 Å². The molecule has 53 heavy (non-hydrogen) atoms. The number of anilines is 4. The van der Waals surface area contributed by atoms with Gasteiger partial charge < -0.3 is 46.0 Å². The Bertz CT molecular complexity index is 2000. The highest BCUT2D eigenvalue weighted by atomic mass is 16.5. The average molecular weight is 721 g/mol. The summed E-state index contributed by atoms with van der Waals surface area (Å²) >= 11 is 0. The molecule has 2 aliphatic rings. The molecule has 0 saturated carbocycles. The summed E-state index contributed by atoms with van der Waals surface area (Å²) in [5.74, 6) is 3.55. The number of hydrogen-bond acceptors (Lipinski definition) is 16. The van der Waals surface area contributed by atoms with E-state index in [1.807, 2.05) is 48.5 Å². The van der Waals surface area contributed by atoms with Gasteiger partial charge in [-0.3, -0.25) is 0 Å². The molecule has 0 bridgehead atoms. The van der Waals surface area contributed by atoms with Crippen LogP contribution < -0.4 is 30.7 Å². The molecule has 2 aliphatic heterocycles. The molecule has 17 heteroatoms. The number of nitrogen functional groups attached to an aromatic ring is 2. The van der Waals surface area contributed by atoms with Gasteiger partial charge in [0, 0.05) is 63.5 Å². The number of aromatic nitrogens is 8. The first-order valence-electron chi connectivity index (χ1n) is 17.0. The van der Waals surface area contributed by atoms with Crippen LogP contribution in [-0.2, 0) is 0 Å². The fourth-order valence-electron chi connectivity index (χ4n) is 6.10. The second-order valence-corrected chi connectivity index (χ2v) is 12.7. The van der Waals surface area contributed by atoms with Crippen LogP contribution in [0.25, 0.3) is 44.8 Å². The minimum absolute atomic E-state index is 0. The van der Waals surface area contributed by atoms with Gasteiger partial charge in [0.25, 0.3) is 0 Å². The highest BCUT2D eigenvalue weighted by Crippen LogP contribution is 2.28. The van der Waals surface area contributed by atoms with Crippen LogP contribution in [0.5, 0.6) is 11.5 Å². The van der Waals surface area contributed by atoms with Crippen LogP contribution in [0.4, 0.5) is 23.5 Å². The van der Waals surface area contributed by atoms with E-state index in [2.05, 4.69) is 63.6 Å². The van der Waals surface area contributed by atoms with Gasteiger partial charge in [-0.25, -0.2) is 19.9 Å². The predicted octanol–water partition coefficient (Wildman–Crippen LogP) is 2.03. The second-order valence-electron chi connectivity index (χ2n) is 12.7. The van der Waals surface area contributed by atoms with Gasteiger partial charge >= 0.3 is 0 Å². The molecule has 6 aromatic rings. The van der Waals surface area contributed by atoms with Crippen molar-refractivity contribution < 1.29 is 14.9 Å². The van der Waals surface area contributed by atoms with Crippen molar-refractivity contribution in [1.82, 2.24) is 49.7 Å². The van der Waals surface area contributed by atoms with E-state index in [1.54, 1.807) is 26.6 Å². The molecule has 2 fully saturated rings. The Hall–Kier alpha value is -6.04. The summed E-state index contributed by atoms with van der Waals surface area (Å²) in [6, 6.07) is 15.5. The summed E-state index contributed by atoms with van der Waals surface area (Å²) in [6.45, 7) is 7.36. The topological polar surface area (TPSA) is 218 Å². The maximum Gasteiger partial charge on any atom is 0.224 e. The quantitative estimate of drug-likeness (QED) is 0.251. The van der Waals surface area contributed by atoms with Crippen LogP contribution in [0, 0.1) is 0 Å². The zero-order chi connectivity index (χ0) is 36.2. The highest BCUT2D eigenvalue weighted by Gasteiger charge is 2.22. The van der Waals surface area contributed by atoms with E-state index in [1.165, 1.54) is 0 Å². The third-order valence-corrected chi connectivity index (χ3v) is 9.19. The molecule has 8 rings (SSSR count). The van der Waals surface area contributed by atoms with Crippen molar-refractivity contribution in [2.75, 3.05) is 102 Å². The molecule has 2 saturated heterocycles. The van der Waals surface area contributed by atoms with Gasteiger partial charge in [-0.1, -0.05) is 0 Å². The number of nitrogens with two attached hydrogens (primary N) is 2. The molecule has 6 N–H and O–H groups in total. The van der Waals surface area contributed by atoms with Gasteiger partial charge in [0.2, 0.25) is 11.9 Å². The van der Waals surface area contributed by atoms with E-state index in [0.717, 1.165) is 98.0 Å². The Balaban J connectivity index is 0.000000178. The van der Waals surface area contributed by atoms with Crippen molar-refractivity contribution in [3.8, 4) is 34.0 Å². The molecule has 0 amide bonds. The molecule has 0 aliphatic carbocycles. The predicted molar refractivity (Wildman–Crippen MR) is 206 cm³/mol. The number of likely N-dealkylation sites (N-methyl/N-ethyl adjacent to an activating group) is 2. The number of methoxy groups -OCH3 is 2. The summed E-state index contributed by atoms with van der Waals surface area (Å²) < 4.78 is 10.4. The standard InChI is InChI=1S/2C18H21N7O.H2O/c2*1-24-7-9-25(10-8-24)17-15-16(22-18(19)23-17)20-11-14(21-15)12-3-5-13(26-2)6-4-12;/h2*3-6,11H,7-10H2,1-2H3,(H2,19,20,22,23);1H2. The summed E-state index contributed by atoms with van der Waals surface area (Å²) in [5.41, 5.74) is 17.6. The minimum Gasteiger partial charge on any atom is -0.497 e. The number of ether oxygens (including phenoxy) is 2. The SMILES string of the molecule is COc1ccc(-c2cnc3nc(N)nc(N4CCN(C)CC4)c3n2)cc1.COc1ccc(-c2cnc3nc(N)nc(N4CCN(C)CC4)c3n2)cc1.O.